The van der Waals surface area contributed by atoms with Crippen molar-refractivity contribution in [2.45, 2.75) is 127 Å². The van der Waals surface area contributed by atoms with Crippen molar-refractivity contribution in [3.05, 3.63) is 453 Å². The first-order valence-corrected chi connectivity index (χ1v) is 39.8. The lowest BCUT2D eigenvalue weighted by Crippen LogP contribution is -2.21. The van der Waals surface area contributed by atoms with E-state index >= 15 is 0 Å². The molecule has 608 valence electrons. The zero-order valence-corrected chi connectivity index (χ0v) is 71.1. The predicted octanol–water partition coefficient (Wildman–Crippen LogP) is 32.6. The summed E-state index contributed by atoms with van der Waals surface area (Å²) in [5, 5.41) is 0. The maximum Gasteiger partial charge on any atom is 0.127 e. The fourth-order valence-corrected chi connectivity index (χ4v) is 12.8. The molecule has 15 aromatic rings. The Kier molecular flexibility index (Phi) is 32.9. The number of benzene rings is 15. The highest BCUT2D eigenvalue weighted by Gasteiger charge is 2.27. The van der Waals surface area contributed by atoms with Crippen molar-refractivity contribution >= 4 is 0 Å². The van der Waals surface area contributed by atoms with Crippen LogP contribution in [0.4, 0.5) is 18.3 Å². The molecular weight excluding hydrogens is 1480 g/mol. The molecule has 0 N–H and O–H groups in total. The Morgan fingerprint density at radius 2 is 0.286 bits per heavy atom. The number of hydrogen-bond donors (Lipinski definition) is 0. The summed E-state index contributed by atoms with van der Waals surface area (Å²) in [6.45, 7) is 34.5. The summed E-state index contributed by atoms with van der Waals surface area (Å²) >= 11 is 0. The Balaban J connectivity index is 0.000000172. The lowest BCUT2D eigenvalue weighted by molar-refractivity contribution is 0.108. The third-order valence-corrected chi connectivity index (χ3v) is 20.6. The smallest absolute Gasteiger partial charge is 0.127 e. The molecule has 0 saturated carbocycles. The first-order valence-electron chi connectivity index (χ1n) is 39.8. The summed E-state index contributed by atoms with van der Waals surface area (Å²) in [6, 6.07) is 124. The van der Waals surface area contributed by atoms with E-state index in [-0.39, 0.29) is 16.2 Å². The van der Waals surface area contributed by atoms with Gasteiger partial charge in [0, 0.05) is 34.5 Å². The van der Waals surface area contributed by atoms with E-state index in [1.165, 1.54) is 89.0 Å². The molecule has 15 rings (SSSR count). The Labute approximate surface area is 702 Å². The van der Waals surface area contributed by atoms with Crippen LogP contribution < -0.4 is 28.4 Å². The highest BCUT2D eigenvalue weighted by molar-refractivity contribution is 5.65. The number of ether oxygens (including phenoxy) is 6. The van der Waals surface area contributed by atoms with Crippen LogP contribution >= 0.6 is 0 Å². The molecule has 119 heavy (non-hydrogen) atoms. The largest absolute Gasteiger partial charge is 0.457 e. The van der Waals surface area contributed by atoms with Gasteiger partial charge < -0.3 is 28.4 Å². The van der Waals surface area contributed by atoms with E-state index in [0.717, 1.165) is 80.1 Å². The van der Waals surface area contributed by atoms with E-state index < -0.39 is 0 Å². The summed E-state index contributed by atoms with van der Waals surface area (Å²) in [6.07, 6.45) is 0. The second-order valence-corrected chi connectivity index (χ2v) is 31.4. The number of halogens is 4. The Morgan fingerprint density at radius 3 is 0.462 bits per heavy atom. The van der Waals surface area contributed by atoms with E-state index in [9.17, 15) is 0 Å². The van der Waals surface area contributed by atoms with Crippen LogP contribution in [-0.2, 0) is 16.2 Å². The molecule has 15 aromatic carbocycles. The standard InChI is InChI=1S/C29H28O2.C26H22O2.C26H30.2C14H14O.2F2/c1-21-5-13-25(14-6-21)30-27-17-9-23(10-18-27)29(3,4)24-11-19-28(20-12-24)31-26-15-7-22(2)8-16-26;1-19-3-11-23(12-4-19)27-25-15-7-21(8-16-25)22-9-17-26(18-10-22)28-24-13-5-20(2)6-14-24;1-19-7-11-21(12-8-19)25(3,4)23-15-17-24(18-16-23)26(5,6)22-13-9-20(2)10-14-22;1-11-3-7-13(8-4-11)15-14-9-5-12(2)6-10-14;1-11-6-8-13(9-7-11)15-14-5-3-4-12(2)10-14;2*1-2/h5-20H,1-4H3;3-18H,1-2H3;7-18H,1-6H3;2*3-10H,1-2H3;;. The van der Waals surface area contributed by atoms with E-state index in [2.05, 4.69) is 262 Å². The second kappa shape index (κ2) is 43.7. The third kappa shape index (κ3) is 27.5. The maximum atomic E-state index is 8.00. The molecule has 0 unspecified atom stereocenters. The van der Waals surface area contributed by atoms with Gasteiger partial charge in [-0.3, -0.25) is 0 Å². The van der Waals surface area contributed by atoms with Crippen LogP contribution in [0, 0.1) is 69.2 Å². The van der Waals surface area contributed by atoms with Gasteiger partial charge in [0.15, 0.2) is 0 Å². The summed E-state index contributed by atoms with van der Waals surface area (Å²) < 4.78 is 67.1. The van der Waals surface area contributed by atoms with E-state index in [1.807, 2.05) is 212 Å². The first kappa shape index (κ1) is 89.7. The van der Waals surface area contributed by atoms with Crippen molar-refractivity contribution in [1.29, 1.82) is 0 Å². The van der Waals surface area contributed by atoms with Gasteiger partial charge in [0.05, 0.1) is 0 Å². The SMILES string of the molecule is Cc1ccc(C(C)(C)c2ccc(C(C)(C)c3ccc(C)cc3)cc2)cc1.Cc1ccc(Oc2ccc(-c3ccc(Oc4ccc(C)cc4)cc3)cc2)cc1.Cc1ccc(Oc2ccc(C(C)(C)c3ccc(Oc4ccc(C)cc4)cc3)cc2)cc1.Cc1ccc(Oc2ccc(C)cc2)cc1.Cc1ccc(Oc2cccc(C)c2)cc1.FF.FF. The molecule has 0 fully saturated rings. The van der Waals surface area contributed by atoms with Crippen molar-refractivity contribution in [2.24, 2.45) is 0 Å². The molecular formula is C109H108F4O6. The molecule has 0 spiro atoms. The molecule has 0 aliphatic heterocycles. The molecule has 0 saturated heterocycles. The molecule has 10 heteroatoms. The number of aryl methyl sites for hydroxylation is 10. The van der Waals surface area contributed by atoms with Crippen LogP contribution in [0.2, 0.25) is 0 Å². The van der Waals surface area contributed by atoms with Gasteiger partial charge in [0.25, 0.3) is 0 Å². The van der Waals surface area contributed by atoms with Crippen LogP contribution in [0.3, 0.4) is 0 Å². The van der Waals surface area contributed by atoms with Gasteiger partial charge in [-0.25, -0.2) is 0 Å². The average molecular weight is 1590 g/mol. The number of hydrogen-bond acceptors (Lipinski definition) is 6. The second-order valence-electron chi connectivity index (χ2n) is 31.4. The minimum absolute atomic E-state index is 0.000230. The van der Waals surface area contributed by atoms with Gasteiger partial charge >= 0.3 is 0 Å². The monoisotopic (exact) mass is 1590 g/mol. The van der Waals surface area contributed by atoms with Gasteiger partial charge in [-0.15, -0.1) is 0 Å². The van der Waals surface area contributed by atoms with E-state index in [4.69, 9.17) is 46.7 Å². The van der Waals surface area contributed by atoms with Gasteiger partial charge in [-0.2, -0.15) is 0 Å². The topological polar surface area (TPSA) is 55.4 Å². The normalized spacial score (nSPS) is 10.7. The van der Waals surface area contributed by atoms with Crippen LogP contribution in [0.25, 0.3) is 11.1 Å². The van der Waals surface area contributed by atoms with Gasteiger partial charge in [0.2, 0.25) is 0 Å². The third-order valence-electron chi connectivity index (χ3n) is 20.6. The van der Waals surface area contributed by atoms with E-state index in [0.29, 0.717) is 0 Å². The van der Waals surface area contributed by atoms with Crippen LogP contribution in [0.1, 0.15) is 131 Å². The molecule has 6 nitrogen and oxygen atoms in total. The molecule has 0 bridgehead atoms. The lowest BCUT2D eigenvalue weighted by atomic mass is 9.74. The summed E-state index contributed by atoms with van der Waals surface area (Å²) in [7, 11) is 0. The molecule has 0 atom stereocenters. The highest BCUT2D eigenvalue weighted by Crippen LogP contribution is 2.39. The zero-order chi connectivity index (χ0) is 85.5. The average Bonchev–Trinajstić information content (AvgIpc) is 0.763. The molecule has 0 aliphatic carbocycles. The van der Waals surface area contributed by atoms with Gasteiger partial charge in [-0.1, -0.05) is 310 Å². The number of rotatable bonds is 19. The van der Waals surface area contributed by atoms with Crippen LogP contribution in [0.5, 0.6) is 69.0 Å². The van der Waals surface area contributed by atoms with Crippen molar-refractivity contribution in [3.63, 3.8) is 0 Å². The Bertz CT molecular complexity index is 5180. The highest BCUT2D eigenvalue weighted by atomic mass is 20.0. The molecule has 0 aromatic heterocycles. The van der Waals surface area contributed by atoms with Crippen molar-refractivity contribution in [3.8, 4) is 80.1 Å². The Morgan fingerprint density at radius 1 is 0.151 bits per heavy atom. The summed E-state index contributed by atoms with van der Waals surface area (Å²) in [5.74, 6) is 10.2. The van der Waals surface area contributed by atoms with Crippen molar-refractivity contribution in [2.75, 3.05) is 0 Å². The first-order chi connectivity index (χ1) is 57.2. The maximum absolute atomic E-state index is 8.00. The van der Waals surface area contributed by atoms with Crippen molar-refractivity contribution < 1.29 is 46.7 Å². The van der Waals surface area contributed by atoms with Gasteiger partial charge in [0.1, 0.15) is 69.0 Å². The summed E-state index contributed by atoms with van der Waals surface area (Å²) in [5.41, 5.74) is 22.4. The lowest BCUT2D eigenvalue weighted by Gasteiger charge is -2.29. The predicted molar refractivity (Wildman–Crippen MR) is 484 cm³/mol. The van der Waals surface area contributed by atoms with Crippen LogP contribution in [-0.4, -0.2) is 0 Å². The molecule has 0 radical (unpaired) electrons. The quantitative estimate of drug-likeness (QED) is 0.0752. The molecule has 0 amide bonds. The fourth-order valence-electron chi connectivity index (χ4n) is 12.8. The summed E-state index contributed by atoms with van der Waals surface area (Å²) in [4.78, 5) is 0. The minimum Gasteiger partial charge on any atom is -0.457 e. The molecule has 0 aliphatic rings. The fraction of sp³-hybridized carbons (Fsp3) is 0.174. The van der Waals surface area contributed by atoms with Gasteiger partial charge in [-0.05, 0) is 265 Å². The minimum atomic E-state index is -0.134. The van der Waals surface area contributed by atoms with E-state index in [1.54, 1.807) is 0 Å². The zero-order valence-electron chi connectivity index (χ0n) is 71.1. The molecule has 0 heterocycles. The Hall–Kier alpha value is -13.2. The van der Waals surface area contributed by atoms with Crippen molar-refractivity contribution in [1.82, 2.24) is 0 Å². The van der Waals surface area contributed by atoms with Crippen LogP contribution in [0.15, 0.2) is 364 Å².